The fraction of sp³-hybridized carbons (Fsp3) is 0.250. The molecule has 8 heteroatoms. The van der Waals surface area contributed by atoms with Crippen LogP contribution in [0, 0.1) is 6.92 Å². The van der Waals surface area contributed by atoms with Gasteiger partial charge in [-0.2, -0.15) is 0 Å². The van der Waals surface area contributed by atoms with Gasteiger partial charge in [0.2, 0.25) is 5.91 Å². The number of aromatic nitrogens is 2. The van der Waals surface area contributed by atoms with Gasteiger partial charge < -0.3 is 14.5 Å². The topological polar surface area (TPSA) is 77.2 Å². The number of benzene rings is 2. The minimum Gasteiger partial charge on any atom is -0.484 e. The van der Waals surface area contributed by atoms with Gasteiger partial charge in [-0.25, -0.2) is 0 Å². The Morgan fingerprint density at radius 2 is 2.07 bits per heavy atom. The number of carbonyl (C=O) groups excluding carboxylic acids is 1. The van der Waals surface area contributed by atoms with Crippen molar-refractivity contribution in [2.75, 3.05) is 5.75 Å². The van der Waals surface area contributed by atoms with E-state index in [9.17, 15) is 4.79 Å². The van der Waals surface area contributed by atoms with Gasteiger partial charge >= 0.3 is 0 Å². The Labute approximate surface area is 172 Å². The van der Waals surface area contributed by atoms with Crippen molar-refractivity contribution in [3.63, 3.8) is 0 Å². The zero-order chi connectivity index (χ0) is 19.9. The normalized spacial score (nSPS) is 11.8. The lowest BCUT2D eigenvalue weighted by Gasteiger charge is -2.15. The van der Waals surface area contributed by atoms with Gasteiger partial charge in [0, 0.05) is 5.02 Å². The molecule has 28 heavy (non-hydrogen) atoms. The monoisotopic (exact) mass is 417 g/mol. The molecule has 0 bridgehead atoms. The Kier molecular flexibility index (Phi) is 6.95. The highest BCUT2D eigenvalue weighted by atomic mass is 35.5. The van der Waals surface area contributed by atoms with Crippen molar-refractivity contribution in [3.8, 4) is 5.75 Å². The highest BCUT2D eigenvalue weighted by Gasteiger charge is 2.14. The number of carbonyl (C=O) groups is 1. The summed E-state index contributed by atoms with van der Waals surface area (Å²) in [6, 6.07) is 14.9. The van der Waals surface area contributed by atoms with Crippen LogP contribution in [0.1, 0.15) is 30.0 Å². The molecule has 1 heterocycles. The Morgan fingerprint density at radius 3 is 2.86 bits per heavy atom. The van der Waals surface area contributed by atoms with E-state index in [2.05, 4.69) is 15.5 Å². The lowest BCUT2D eigenvalue weighted by molar-refractivity contribution is -0.119. The largest absolute Gasteiger partial charge is 0.484 e. The van der Waals surface area contributed by atoms with Crippen LogP contribution in [0.25, 0.3) is 0 Å². The maximum Gasteiger partial charge on any atom is 0.277 e. The lowest BCUT2D eigenvalue weighted by Crippen LogP contribution is -2.28. The van der Waals surface area contributed by atoms with Crippen LogP contribution in [0.2, 0.25) is 5.02 Å². The van der Waals surface area contributed by atoms with Gasteiger partial charge in [0.05, 0.1) is 11.8 Å². The molecule has 3 aromatic rings. The first-order valence-corrected chi connectivity index (χ1v) is 10.1. The first kappa shape index (κ1) is 20.2. The number of thioether (sulfide) groups is 1. The van der Waals surface area contributed by atoms with Gasteiger partial charge in [-0.05, 0) is 43.2 Å². The highest BCUT2D eigenvalue weighted by molar-refractivity contribution is 7.99. The first-order chi connectivity index (χ1) is 13.5. The van der Waals surface area contributed by atoms with Crippen LogP contribution in [-0.2, 0) is 11.4 Å². The average Bonchev–Trinajstić information content (AvgIpc) is 3.13. The first-order valence-electron chi connectivity index (χ1n) is 8.69. The number of ether oxygens (including phenoxy) is 1. The summed E-state index contributed by atoms with van der Waals surface area (Å²) in [6.45, 7) is 4.05. The van der Waals surface area contributed by atoms with E-state index >= 15 is 0 Å². The predicted octanol–water partition coefficient (Wildman–Crippen LogP) is 4.58. The van der Waals surface area contributed by atoms with Crippen LogP contribution in [-0.4, -0.2) is 21.9 Å². The second-order valence-corrected chi connectivity index (χ2v) is 7.50. The molecular weight excluding hydrogens is 398 g/mol. The number of aryl methyl sites for hydroxylation is 1. The maximum atomic E-state index is 12.2. The predicted molar refractivity (Wildman–Crippen MR) is 109 cm³/mol. The van der Waals surface area contributed by atoms with E-state index in [-0.39, 0.29) is 24.3 Å². The summed E-state index contributed by atoms with van der Waals surface area (Å²) in [5.74, 6) is 1.11. The van der Waals surface area contributed by atoms with Crippen LogP contribution >= 0.6 is 23.4 Å². The fourth-order valence-corrected chi connectivity index (χ4v) is 3.41. The van der Waals surface area contributed by atoms with E-state index in [1.807, 2.05) is 56.3 Å². The molecule has 0 spiro atoms. The molecule has 0 radical (unpaired) electrons. The fourth-order valence-electron chi connectivity index (χ4n) is 2.52. The molecule has 1 aromatic heterocycles. The third-order valence-electron chi connectivity index (χ3n) is 3.88. The Morgan fingerprint density at radius 1 is 1.25 bits per heavy atom. The third-order valence-corrected chi connectivity index (χ3v) is 5.04. The number of hydrogen-bond donors (Lipinski definition) is 1. The average molecular weight is 418 g/mol. The number of halogens is 1. The molecule has 1 N–H and O–H groups in total. The molecule has 0 aliphatic carbocycles. The highest BCUT2D eigenvalue weighted by Crippen LogP contribution is 2.23. The van der Waals surface area contributed by atoms with Crippen molar-refractivity contribution >= 4 is 29.3 Å². The van der Waals surface area contributed by atoms with Gasteiger partial charge in [0.15, 0.2) is 6.61 Å². The van der Waals surface area contributed by atoms with Crippen molar-refractivity contribution in [2.45, 2.75) is 31.7 Å². The van der Waals surface area contributed by atoms with E-state index in [0.29, 0.717) is 16.1 Å². The van der Waals surface area contributed by atoms with Crippen molar-refractivity contribution < 1.29 is 13.9 Å². The van der Waals surface area contributed by atoms with Crippen LogP contribution in [0.15, 0.2) is 58.2 Å². The van der Waals surface area contributed by atoms with E-state index < -0.39 is 0 Å². The van der Waals surface area contributed by atoms with E-state index in [1.54, 1.807) is 6.07 Å². The molecule has 1 atom stereocenters. The second kappa shape index (κ2) is 9.61. The number of nitrogens with one attached hydrogen (secondary N) is 1. The molecule has 0 aliphatic heterocycles. The van der Waals surface area contributed by atoms with Crippen LogP contribution < -0.4 is 10.1 Å². The summed E-state index contributed by atoms with van der Waals surface area (Å²) in [5, 5.41) is 11.7. The Hall–Kier alpha value is -2.51. The molecule has 0 fully saturated rings. The van der Waals surface area contributed by atoms with Crippen molar-refractivity contribution in [1.29, 1.82) is 0 Å². The molecule has 6 nitrogen and oxygen atoms in total. The smallest absolute Gasteiger partial charge is 0.277 e. The molecule has 1 unspecified atom stereocenters. The van der Waals surface area contributed by atoms with Gasteiger partial charge in [-0.1, -0.05) is 53.7 Å². The van der Waals surface area contributed by atoms with E-state index in [1.165, 1.54) is 11.8 Å². The molecule has 0 saturated heterocycles. The van der Waals surface area contributed by atoms with Gasteiger partial charge in [0.25, 0.3) is 11.1 Å². The van der Waals surface area contributed by atoms with Crippen LogP contribution in [0.4, 0.5) is 0 Å². The molecule has 0 aliphatic rings. The Balaban J connectivity index is 1.46. The second-order valence-electron chi connectivity index (χ2n) is 6.17. The number of nitrogens with zero attached hydrogens (tertiary/aromatic N) is 2. The zero-order valence-corrected chi connectivity index (χ0v) is 17.1. The zero-order valence-electron chi connectivity index (χ0n) is 15.5. The number of amides is 1. The van der Waals surface area contributed by atoms with E-state index in [4.69, 9.17) is 20.8 Å². The van der Waals surface area contributed by atoms with Gasteiger partial charge in [-0.15, -0.1) is 10.2 Å². The lowest BCUT2D eigenvalue weighted by atomic mass is 10.1. The standard InChI is InChI=1S/C20H20ClN3O3S/c1-13-6-5-7-15(10-13)26-11-19-23-24-20(27-19)28-12-18(25)22-14(2)16-8-3-4-9-17(16)21/h3-10,14H,11-12H2,1-2H3,(H,22,25). The van der Waals surface area contributed by atoms with E-state index in [0.717, 1.165) is 16.9 Å². The molecule has 146 valence electrons. The summed E-state index contributed by atoms with van der Waals surface area (Å²) in [7, 11) is 0. The summed E-state index contributed by atoms with van der Waals surface area (Å²) >= 11 is 7.33. The van der Waals surface area contributed by atoms with Crippen LogP contribution in [0.5, 0.6) is 5.75 Å². The number of rotatable bonds is 8. The summed E-state index contributed by atoms with van der Waals surface area (Å²) in [4.78, 5) is 12.2. The molecule has 0 saturated carbocycles. The van der Waals surface area contributed by atoms with Gasteiger partial charge in [-0.3, -0.25) is 4.79 Å². The molecule has 2 aromatic carbocycles. The number of hydrogen-bond acceptors (Lipinski definition) is 6. The Bertz CT molecular complexity index is 948. The summed E-state index contributed by atoms with van der Waals surface area (Å²) < 4.78 is 11.1. The van der Waals surface area contributed by atoms with Crippen molar-refractivity contribution in [2.24, 2.45) is 0 Å². The maximum absolute atomic E-state index is 12.2. The molecule has 3 rings (SSSR count). The summed E-state index contributed by atoms with van der Waals surface area (Å²) in [6.07, 6.45) is 0. The molecular formula is C20H20ClN3O3S. The van der Waals surface area contributed by atoms with Gasteiger partial charge in [0.1, 0.15) is 5.75 Å². The van der Waals surface area contributed by atoms with Crippen molar-refractivity contribution in [3.05, 3.63) is 70.6 Å². The van der Waals surface area contributed by atoms with Crippen LogP contribution in [0.3, 0.4) is 0 Å². The SMILES string of the molecule is Cc1cccc(OCc2nnc(SCC(=O)NC(C)c3ccccc3Cl)o2)c1. The summed E-state index contributed by atoms with van der Waals surface area (Å²) in [5.41, 5.74) is 1.98. The molecule has 1 amide bonds. The minimum absolute atomic E-state index is 0.145. The quantitative estimate of drug-likeness (QED) is 0.540. The van der Waals surface area contributed by atoms with Crippen molar-refractivity contribution in [1.82, 2.24) is 15.5 Å². The minimum atomic E-state index is -0.192. The third kappa shape index (κ3) is 5.74.